The second-order valence-corrected chi connectivity index (χ2v) is 7.63. The first kappa shape index (κ1) is 21.3. The molecule has 7 heteroatoms. The Labute approximate surface area is 165 Å². The third kappa shape index (κ3) is 6.95. The second-order valence-electron chi connectivity index (χ2n) is 6.79. The summed E-state index contributed by atoms with van der Waals surface area (Å²) in [5, 5.41) is 4.11. The molecule has 1 aliphatic heterocycles. The summed E-state index contributed by atoms with van der Waals surface area (Å²) in [7, 11) is 0. The Morgan fingerprint density at radius 3 is 2.69 bits per heavy atom. The highest BCUT2D eigenvalue weighted by molar-refractivity contribution is 6.35. The summed E-state index contributed by atoms with van der Waals surface area (Å²) in [6, 6.07) is 5.45. The summed E-state index contributed by atoms with van der Waals surface area (Å²) in [6.07, 6.45) is 1.06. The van der Waals surface area contributed by atoms with E-state index in [9.17, 15) is 4.79 Å². The van der Waals surface area contributed by atoms with Crippen LogP contribution in [0.5, 0.6) is 5.75 Å². The summed E-state index contributed by atoms with van der Waals surface area (Å²) in [5.41, 5.74) is 0. The van der Waals surface area contributed by atoms with Crippen molar-refractivity contribution in [3.63, 3.8) is 0 Å². The van der Waals surface area contributed by atoms with Crippen molar-refractivity contribution in [2.45, 2.75) is 32.7 Å². The normalized spacial score (nSPS) is 16.5. The molecule has 1 fully saturated rings. The number of nitrogens with zero attached hydrogens (tertiary/aromatic N) is 1. The molecule has 1 amide bonds. The number of rotatable bonds is 9. The van der Waals surface area contributed by atoms with Gasteiger partial charge in [-0.2, -0.15) is 0 Å². The number of carbonyl (C=O) groups is 1. The molecule has 1 saturated heterocycles. The zero-order valence-corrected chi connectivity index (χ0v) is 17.0. The van der Waals surface area contributed by atoms with Gasteiger partial charge in [0.15, 0.2) is 0 Å². The lowest BCUT2D eigenvalue weighted by Crippen LogP contribution is -2.51. The summed E-state index contributed by atoms with van der Waals surface area (Å²) in [5.74, 6) is 1.11. The maximum atomic E-state index is 12.1. The Balaban J connectivity index is 1.67. The van der Waals surface area contributed by atoms with Crippen molar-refractivity contribution < 1.29 is 14.3 Å². The molecule has 1 N–H and O–H groups in total. The average molecular weight is 403 g/mol. The minimum atomic E-state index is 0.0507. The largest absolute Gasteiger partial charge is 0.492 e. The van der Waals surface area contributed by atoms with Crippen molar-refractivity contribution in [2.24, 2.45) is 5.92 Å². The lowest BCUT2D eigenvalue weighted by Gasteiger charge is -2.36. The number of amides is 1. The molecule has 1 aromatic rings. The molecule has 1 aliphatic rings. The molecule has 1 unspecified atom stereocenters. The first-order chi connectivity index (χ1) is 12.5. The molecule has 26 heavy (non-hydrogen) atoms. The van der Waals surface area contributed by atoms with Gasteiger partial charge >= 0.3 is 0 Å². The van der Waals surface area contributed by atoms with Crippen LogP contribution in [0.2, 0.25) is 10.0 Å². The van der Waals surface area contributed by atoms with E-state index in [0.717, 1.165) is 26.3 Å². The van der Waals surface area contributed by atoms with Crippen molar-refractivity contribution in [1.29, 1.82) is 0 Å². The monoisotopic (exact) mass is 402 g/mol. The minimum absolute atomic E-state index is 0.0507. The quantitative estimate of drug-likeness (QED) is 0.640. The molecule has 0 spiro atoms. The van der Waals surface area contributed by atoms with Gasteiger partial charge in [0, 0.05) is 37.1 Å². The van der Waals surface area contributed by atoms with Gasteiger partial charge in [0.2, 0.25) is 5.91 Å². The van der Waals surface area contributed by atoms with Gasteiger partial charge in [0.05, 0.1) is 24.8 Å². The van der Waals surface area contributed by atoms with Crippen molar-refractivity contribution >= 4 is 29.1 Å². The average Bonchev–Trinajstić information content (AvgIpc) is 2.61. The topological polar surface area (TPSA) is 50.8 Å². The van der Waals surface area contributed by atoms with E-state index in [0.29, 0.717) is 53.7 Å². The van der Waals surface area contributed by atoms with Gasteiger partial charge in [0.25, 0.3) is 0 Å². The van der Waals surface area contributed by atoms with Crippen molar-refractivity contribution in [3.05, 3.63) is 28.2 Å². The summed E-state index contributed by atoms with van der Waals surface area (Å²) in [4.78, 5) is 14.5. The van der Waals surface area contributed by atoms with Crippen LogP contribution in [0.15, 0.2) is 18.2 Å². The lowest BCUT2D eigenvalue weighted by atomic mass is 10.0. The minimum Gasteiger partial charge on any atom is -0.492 e. The maximum absolute atomic E-state index is 12.1. The fourth-order valence-electron chi connectivity index (χ4n) is 3.01. The highest BCUT2D eigenvalue weighted by Gasteiger charge is 2.24. The fraction of sp³-hybridized carbons (Fsp3) is 0.632. The van der Waals surface area contributed by atoms with Crippen LogP contribution in [0.3, 0.4) is 0 Å². The summed E-state index contributed by atoms with van der Waals surface area (Å²) in [6.45, 7) is 8.87. The van der Waals surface area contributed by atoms with Crippen molar-refractivity contribution in [3.8, 4) is 5.75 Å². The fourth-order valence-corrected chi connectivity index (χ4v) is 3.47. The number of hydrogen-bond acceptors (Lipinski definition) is 4. The number of benzene rings is 1. The molecule has 5 nitrogen and oxygen atoms in total. The van der Waals surface area contributed by atoms with Crippen LogP contribution < -0.4 is 10.1 Å². The smallest absolute Gasteiger partial charge is 0.220 e. The number of halogens is 2. The zero-order valence-electron chi connectivity index (χ0n) is 15.5. The number of hydrogen-bond donors (Lipinski definition) is 1. The van der Waals surface area contributed by atoms with E-state index in [-0.39, 0.29) is 5.91 Å². The Hall–Kier alpha value is -1.01. The first-order valence-corrected chi connectivity index (χ1v) is 9.89. The highest BCUT2D eigenvalue weighted by Crippen LogP contribution is 2.27. The van der Waals surface area contributed by atoms with Gasteiger partial charge in [0.1, 0.15) is 5.75 Å². The molecule has 0 bridgehead atoms. The van der Waals surface area contributed by atoms with E-state index >= 15 is 0 Å². The van der Waals surface area contributed by atoms with Crippen molar-refractivity contribution in [1.82, 2.24) is 10.2 Å². The van der Waals surface area contributed by atoms with Gasteiger partial charge < -0.3 is 14.8 Å². The van der Waals surface area contributed by atoms with E-state index in [1.807, 2.05) is 0 Å². The van der Waals surface area contributed by atoms with E-state index < -0.39 is 0 Å². The van der Waals surface area contributed by atoms with E-state index in [2.05, 4.69) is 24.1 Å². The van der Waals surface area contributed by atoms with Crippen LogP contribution in [0.1, 0.15) is 26.7 Å². The van der Waals surface area contributed by atoms with E-state index in [1.54, 1.807) is 18.2 Å². The number of nitrogens with one attached hydrogen (secondary N) is 1. The van der Waals surface area contributed by atoms with Crippen LogP contribution >= 0.6 is 23.2 Å². The number of ether oxygens (including phenoxy) is 2. The van der Waals surface area contributed by atoms with E-state index in [4.69, 9.17) is 32.7 Å². The van der Waals surface area contributed by atoms with Crippen molar-refractivity contribution in [2.75, 3.05) is 39.5 Å². The predicted octanol–water partition coefficient (Wildman–Crippen LogP) is 3.63. The molecular formula is C19H28Cl2N2O3. The molecular weight excluding hydrogens is 375 g/mol. The maximum Gasteiger partial charge on any atom is 0.220 e. The Kier molecular flexibility index (Phi) is 8.99. The van der Waals surface area contributed by atoms with Crippen LogP contribution in [-0.2, 0) is 9.53 Å². The molecule has 0 aromatic heterocycles. The van der Waals surface area contributed by atoms with Gasteiger partial charge in [-0.1, -0.05) is 37.0 Å². The van der Waals surface area contributed by atoms with Gasteiger partial charge in [-0.25, -0.2) is 0 Å². The Morgan fingerprint density at radius 2 is 2.04 bits per heavy atom. The summed E-state index contributed by atoms with van der Waals surface area (Å²) >= 11 is 11.9. The van der Waals surface area contributed by atoms with Gasteiger partial charge in [-0.15, -0.1) is 0 Å². The Bertz CT molecular complexity index is 578. The second kappa shape index (κ2) is 11.0. The SMILES string of the molecule is CC(C)C(CNC(=O)CCCOc1ccc(Cl)cc1Cl)N1CCOCC1. The highest BCUT2D eigenvalue weighted by atomic mass is 35.5. The van der Waals surface area contributed by atoms with Gasteiger partial charge in [-0.3, -0.25) is 9.69 Å². The molecule has 0 saturated carbocycles. The van der Waals surface area contributed by atoms with Crippen LogP contribution in [-0.4, -0.2) is 56.3 Å². The Morgan fingerprint density at radius 1 is 1.31 bits per heavy atom. The predicted molar refractivity (Wildman–Crippen MR) is 105 cm³/mol. The van der Waals surface area contributed by atoms with Gasteiger partial charge in [-0.05, 0) is 30.5 Å². The standard InChI is InChI=1S/C19H28Cl2N2O3/c1-14(2)17(23-7-10-25-11-8-23)13-22-19(24)4-3-9-26-18-6-5-15(20)12-16(18)21/h5-6,12,14,17H,3-4,7-11,13H2,1-2H3,(H,22,24). The lowest BCUT2D eigenvalue weighted by molar-refractivity contribution is -0.121. The number of morpholine rings is 1. The number of carbonyl (C=O) groups excluding carboxylic acids is 1. The molecule has 0 radical (unpaired) electrons. The molecule has 0 aliphatic carbocycles. The van der Waals surface area contributed by atoms with Crippen LogP contribution in [0.25, 0.3) is 0 Å². The molecule has 1 heterocycles. The molecule has 2 rings (SSSR count). The summed E-state index contributed by atoms with van der Waals surface area (Å²) < 4.78 is 11.0. The molecule has 1 aromatic carbocycles. The molecule has 146 valence electrons. The third-order valence-corrected chi connectivity index (χ3v) is 5.02. The van der Waals surface area contributed by atoms with E-state index in [1.165, 1.54) is 0 Å². The van der Waals surface area contributed by atoms with Crippen LogP contribution in [0.4, 0.5) is 0 Å². The zero-order chi connectivity index (χ0) is 18.9. The van der Waals surface area contributed by atoms with Crippen LogP contribution in [0, 0.1) is 5.92 Å². The molecule has 1 atom stereocenters. The third-order valence-electron chi connectivity index (χ3n) is 4.49. The first-order valence-electron chi connectivity index (χ1n) is 9.13.